The lowest BCUT2D eigenvalue weighted by molar-refractivity contribution is 0.149. The second-order valence-electron chi connectivity index (χ2n) is 2.55. The molecule has 1 rings (SSSR count). The Morgan fingerprint density at radius 1 is 1.82 bits per heavy atom. The van der Waals surface area contributed by atoms with Gasteiger partial charge in [0, 0.05) is 12.6 Å². The Morgan fingerprint density at radius 2 is 2.64 bits per heavy atom. The molecule has 2 N–H and O–H groups in total. The fraction of sp³-hybridized carbons (Fsp3) is 0.857. The Labute approximate surface area is 66.3 Å². The molecule has 64 valence electrons. The van der Waals surface area contributed by atoms with Crippen molar-refractivity contribution in [2.24, 2.45) is 0 Å². The Morgan fingerprint density at radius 3 is 3.18 bits per heavy atom. The number of ether oxygens (including phenoxy) is 1. The topological polar surface area (TPSA) is 50.4 Å². The minimum Gasteiger partial charge on any atom is -0.450 e. The average molecular weight is 158 g/mol. The van der Waals surface area contributed by atoms with Crippen LogP contribution in [0.1, 0.15) is 13.3 Å². The summed E-state index contributed by atoms with van der Waals surface area (Å²) in [4.78, 5) is 10.8. The van der Waals surface area contributed by atoms with Gasteiger partial charge in [-0.05, 0) is 19.9 Å². The molecular formula is C7H14N2O2. The summed E-state index contributed by atoms with van der Waals surface area (Å²) in [6, 6.07) is 0.258. The van der Waals surface area contributed by atoms with E-state index < -0.39 is 0 Å². The lowest BCUT2D eigenvalue weighted by atomic mass is 10.3. The van der Waals surface area contributed by atoms with Gasteiger partial charge in [0.15, 0.2) is 0 Å². The standard InChI is InChI=1S/C7H14N2O2/c1-2-11-7(10)9-6-3-4-8-5-6/h6,8H,2-5H2,1H3,(H,9,10)/t6-/m1/s1. The summed E-state index contributed by atoms with van der Waals surface area (Å²) in [5.41, 5.74) is 0. The number of carbonyl (C=O) groups excluding carboxylic acids is 1. The average Bonchev–Trinajstić information content (AvgIpc) is 2.40. The van der Waals surface area contributed by atoms with Crippen molar-refractivity contribution in [3.8, 4) is 0 Å². The third-order valence-corrected chi connectivity index (χ3v) is 1.66. The zero-order valence-electron chi connectivity index (χ0n) is 6.72. The van der Waals surface area contributed by atoms with Crippen LogP contribution in [0.5, 0.6) is 0 Å². The number of nitrogens with one attached hydrogen (secondary N) is 2. The largest absolute Gasteiger partial charge is 0.450 e. The molecule has 0 bridgehead atoms. The molecular weight excluding hydrogens is 144 g/mol. The third-order valence-electron chi connectivity index (χ3n) is 1.66. The quantitative estimate of drug-likeness (QED) is 0.599. The maximum atomic E-state index is 10.8. The molecule has 0 aromatic carbocycles. The van der Waals surface area contributed by atoms with Gasteiger partial charge in [-0.25, -0.2) is 4.79 Å². The van der Waals surface area contributed by atoms with Crippen molar-refractivity contribution >= 4 is 6.09 Å². The molecule has 0 spiro atoms. The van der Waals surface area contributed by atoms with Crippen LogP contribution < -0.4 is 10.6 Å². The van der Waals surface area contributed by atoms with Crippen LogP contribution in [-0.2, 0) is 4.74 Å². The molecule has 1 saturated heterocycles. The number of amides is 1. The maximum Gasteiger partial charge on any atom is 0.407 e. The van der Waals surface area contributed by atoms with Crippen molar-refractivity contribution in [3.63, 3.8) is 0 Å². The fourth-order valence-corrected chi connectivity index (χ4v) is 1.12. The highest BCUT2D eigenvalue weighted by Gasteiger charge is 2.16. The summed E-state index contributed by atoms with van der Waals surface area (Å²) in [7, 11) is 0. The molecule has 0 saturated carbocycles. The van der Waals surface area contributed by atoms with Gasteiger partial charge in [-0.1, -0.05) is 0 Å². The Balaban J connectivity index is 2.13. The minimum absolute atomic E-state index is 0.258. The number of hydrogen-bond acceptors (Lipinski definition) is 3. The van der Waals surface area contributed by atoms with Gasteiger partial charge in [0.05, 0.1) is 6.61 Å². The molecule has 11 heavy (non-hydrogen) atoms. The van der Waals surface area contributed by atoms with Gasteiger partial charge in [-0.3, -0.25) is 0 Å². The molecule has 1 atom stereocenters. The molecule has 0 aromatic rings. The molecule has 1 aliphatic heterocycles. The Kier molecular flexibility index (Phi) is 3.16. The van der Waals surface area contributed by atoms with Crippen LogP contribution in [0.25, 0.3) is 0 Å². The molecule has 1 aliphatic rings. The molecule has 0 aromatic heterocycles. The summed E-state index contributed by atoms with van der Waals surface area (Å²) in [6.07, 6.45) is 0.694. The van der Waals surface area contributed by atoms with Crippen molar-refractivity contribution in [2.45, 2.75) is 19.4 Å². The Bertz CT molecular complexity index is 132. The van der Waals surface area contributed by atoms with Crippen molar-refractivity contribution < 1.29 is 9.53 Å². The number of alkyl carbamates (subject to hydrolysis) is 1. The van der Waals surface area contributed by atoms with E-state index in [1.54, 1.807) is 6.92 Å². The van der Waals surface area contributed by atoms with Crippen LogP contribution in [0.15, 0.2) is 0 Å². The van der Waals surface area contributed by atoms with Gasteiger partial charge in [0.1, 0.15) is 0 Å². The van der Waals surface area contributed by atoms with E-state index in [0.29, 0.717) is 6.61 Å². The molecule has 1 amide bonds. The second-order valence-corrected chi connectivity index (χ2v) is 2.55. The first kappa shape index (κ1) is 8.33. The van der Waals surface area contributed by atoms with E-state index in [-0.39, 0.29) is 12.1 Å². The summed E-state index contributed by atoms with van der Waals surface area (Å²) in [6.45, 7) is 4.08. The van der Waals surface area contributed by atoms with E-state index in [4.69, 9.17) is 4.74 Å². The van der Waals surface area contributed by atoms with Crippen LogP contribution in [0, 0.1) is 0 Å². The molecule has 1 heterocycles. The first-order valence-corrected chi connectivity index (χ1v) is 3.97. The third kappa shape index (κ3) is 2.76. The van der Waals surface area contributed by atoms with Crippen LogP contribution in [-0.4, -0.2) is 31.8 Å². The molecule has 0 unspecified atom stereocenters. The minimum atomic E-state index is -0.304. The summed E-state index contributed by atoms with van der Waals surface area (Å²) in [5, 5.41) is 5.91. The van der Waals surface area contributed by atoms with Gasteiger partial charge in [0.2, 0.25) is 0 Å². The number of hydrogen-bond donors (Lipinski definition) is 2. The van der Waals surface area contributed by atoms with Crippen molar-refractivity contribution in [2.75, 3.05) is 19.7 Å². The zero-order valence-corrected chi connectivity index (χ0v) is 6.72. The van der Waals surface area contributed by atoms with E-state index >= 15 is 0 Å². The lowest BCUT2D eigenvalue weighted by Gasteiger charge is -2.09. The van der Waals surface area contributed by atoms with E-state index in [1.165, 1.54) is 0 Å². The second kappa shape index (κ2) is 4.18. The smallest absolute Gasteiger partial charge is 0.407 e. The van der Waals surface area contributed by atoms with Gasteiger partial charge in [-0.2, -0.15) is 0 Å². The molecule has 0 radical (unpaired) electrons. The zero-order chi connectivity index (χ0) is 8.10. The normalized spacial score (nSPS) is 23.2. The summed E-state index contributed by atoms with van der Waals surface area (Å²) >= 11 is 0. The van der Waals surface area contributed by atoms with Gasteiger partial charge in [0.25, 0.3) is 0 Å². The molecule has 4 nitrogen and oxygen atoms in total. The first-order chi connectivity index (χ1) is 5.33. The van der Waals surface area contributed by atoms with E-state index in [2.05, 4.69) is 10.6 Å². The van der Waals surface area contributed by atoms with Gasteiger partial charge in [-0.15, -0.1) is 0 Å². The summed E-state index contributed by atoms with van der Waals surface area (Å²) in [5.74, 6) is 0. The maximum absolute atomic E-state index is 10.8. The van der Waals surface area contributed by atoms with E-state index in [0.717, 1.165) is 19.5 Å². The van der Waals surface area contributed by atoms with Crippen LogP contribution in [0.4, 0.5) is 4.79 Å². The van der Waals surface area contributed by atoms with Gasteiger partial charge >= 0.3 is 6.09 Å². The van der Waals surface area contributed by atoms with Crippen LogP contribution in [0.3, 0.4) is 0 Å². The van der Waals surface area contributed by atoms with E-state index in [1.807, 2.05) is 0 Å². The number of rotatable bonds is 2. The predicted molar refractivity (Wildman–Crippen MR) is 41.4 cm³/mol. The van der Waals surface area contributed by atoms with Crippen LogP contribution >= 0.6 is 0 Å². The van der Waals surface area contributed by atoms with E-state index in [9.17, 15) is 4.79 Å². The van der Waals surface area contributed by atoms with Crippen LogP contribution in [0.2, 0.25) is 0 Å². The number of carbonyl (C=O) groups is 1. The fourth-order valence-electron chi connectivity index (χ4n) is 1.12. The Hall–Kier alpha value is -0.770. The SMILES string of the molecule is CCOC(=O)N[C@@H]1CCNC1. The predicted octanol–water partition coefficient (Wildman–Crippen LogP) is 0.0944. The monoisotopic (exact) mass is 158 g/mol. The van der Waals surface area contributed by atoms with Gasteiger partial charge < -0.3 is 15.4 Å². The lowest BCUT2D eigenvalue weighted by Crippen LogP contribution is -2.36. The van der Waals surface area contributed by atoms with Crippen molar-refractivity contribution in [1.82, 2.24) is 10.6 Å². The van der Waals surface area contributed by atoms with Crippen molar-refractivity contribution in [1.29, 1.82) is 0 Å². The highest BCUT2D eigenvalue weighted by Crippen LogP contribution is 1.96. The molecule has 4 heteroatoms. The van der Waals surface area contributed by atoms with Crippen molar-refractivity contribution in [3.05, 3.63) is 0 Å². The molecule has 0 aliphatic carbocycles. The highest BCUT2D eigenvalue weighted by atomic mass is 16.5. The first-order valence-electron chi connectivity index (χ1n) is 3.97. The molecule has 1 fully saturated rings. The highest BCUT2D eigenvalue weighted by molar-refractivity contribution is 5.67. The summed E-state index contributed by atoms with van der Waals surface area (Å²) < 4.78 is 4.73.